The van der Waals surface area contributed by atoms with Gasteiger partial charge in [-0.25, -0.2) is 18.4 Å². The van der Waals surface area contributed by atoms with Crippen molar-refractivity contribution in [3.63, 3.8) is 0 Å². The molecule has 1 amide bonds. The van der Waals surface area contributed by atoms with Gasteiger partial charge in [0.25, 0.3) is 5.91 Å². The molecule has 1 N–H and O–H groups in total. The molecular weight excluding hydrogens is 473 g/mol. The maximum atomic E-state index is 12.7. The molecule has 0 aliphatic rings. The zero-order valence-electron chi connectivity index (χ0n) is 16.8. The van der Waals surface area contributed by atoms with E-state index >= 15 is 0 Å². The summed E-state index contributed by atoms with van der Waals surface area (Å²) in [5, 5.41) is 8.00. The zero-order chi connectivity index (χ0) is 22.2. The molecule has 0 unspecified atom stereocenters. The number of carbonyl (C=O) groups excluding carboxylic acids is 1. The van der Waals surface area contributed by atoms with Crippen molar-refractivity contribution in [1.82, 2.24) is 9.97 Å². The molecule has 0 atom stereocenters. The van der Waals surface area contributed by atoms with Crippen molar-refractivity contribution in [1.29, 1.82) is 0 Å². The van der Waals surface area contributed by atoms with E-state index in [1.165, 1.54) is 34.0 Å². The second-order valence-corrected chi connectivity index (χ2v) is 11.5. The van der Waals surface area contributed by atoms with Crippen LogP contribution in [0.3, 0.4) is 0 Å². The molecule has 0 saturated heterocycles. The summed E-state index contributed by atoms with van der Waals surface area (Å²) >= 11 is 4.28. The number of nitrogens with one attached hydrogen (secondary N) is 1. The number of hydrogen-bond acceptors (Lipinski definition) is 8. The van der Waals surface area contributed by atoms with E-state index in [2.05, 4.69) is 15.3 Å². The Morgan fingerprint density at radius 1 is 1.10 bits per heavy atom. The van der Waals surface area contributed by atoms with Crippen molar-refractivity contribution >= 4 is 60.8 Å². The van der Waals surface area contributed by atoms with E-state index in [1.807, 2.05) is 29.8 Å². The third-order valence-corrected chi connectivity index (χ3v) is 8.64. The van der Waals surface area contributed by atoms with Crippen LogP contribution in [-0.4, -0.2) is 37.6 Å². The van der Waals surface area contributed by atoms with Crippen LogP contribution < -0.4 is 9.62 Å². The minimum absolute atomic E-state index is 0.233. The van der Waals surface area contributed by atoms with E-state index in [-0.39, 0.29) is 5.91 Å². The van der Waals surface area contributed by atoms with Crippen molar-refractivity contribution in [3.8, 4) is 21.1 Å². The first-order chi connectivity index (χ1) is 14.7. The van der Waals surface area contributed by atoms with Crippen LogP contribution in [0.15, 0.2) is 47.2 Å². The molecule has 11 heteroatoms. The van der Waals surface area contributed by atoms with Crippen molar-refractivity contribution in [2.45, 2.75) is 6.92 Å². The maximum absolute atomic E-state index is 12.7. The van der Waals surface area contributed by atoms with Gasteiger partial charge in [-0.05, 0) is 30.5 Å². The highest BCUT2D eigenvalue weighted by atomic mass is 32.2. The molecule has 0 fully saturated rings. The average Bonchev–Trinajstić information content (AvgIpc) is 3.47. The number of sulfonamides is 1. The van der Waals surface area contributed by atoms with Gasteiger partial charge in [0, 0.05) is 18.0 Å². The van der Waals surface area contributed by atoms with E-state index in [0.29, 0.717) is 27.1 Å². The molecule has 31 heavy (non-hydrogen) atoms. The summed E-state index contributed by atoms with van der Waals surface area (Å²) < 4.78 is 24.6. The highest BCUT2D eigenvalue weighted by Crippen LogP contribution is 2.32. The Bertz CT molecular complexity index is 1320. The van der Waals surface area contributed by atoms with Crippen molar-refractivity contribution in [2.75, 3.05) is 22.9 Å². The number of rotatable bonds is 6. The van der Waals surface area contributed by atoms with Crippen LogP contribution in [0.25, 0.3) is 21.1 Å². The SMILES string of the molecule is Cc1nc(-c2cccs2)sc1C(=O)Nc1nc(-c2ccc(N(C)S(C)(=O)=O)cc2)cs1. The molecule has 3 aromatic heterocycles. The van der Waals surface area contributed by atoms with E-state index in [0.717, 1.165) is 21.7 Å². The van der Waals surface area contributed by atoms with Gasteiger partial charge >= 0.3 is 0 Å². The van der Waals surface area contributed by atoms with Crippen molar-refractivity contribution in [3.05, 3.63) is 57.7 Å². The standard InChI is InChI=1S/C20H18N4O3S4/c1-12-17(30-19(21-12)16-5-4-10-28-16)18(25)23-20-22-15(11-29-20)13-6-8-14(9-7-13)24(2)31(3,26)27/h4-11H,1-3H3,(H,22,23,25). The van der Waals surface area contributed by atoms with E-state index in [9.17, 15) is 13.2 Å². The Labute approximate surface area is 192 Å². The third-order valence-electron chi connectivity index (χ3n) is 4.48. The first-order valence-corrected chi connectivity index (χ1v) is 13.5. The number of benzene rings is 1. The lowest BCUT2D eigenvalue weighted by molar-refractivity contribution is 0.103. The summed E-state index contributed by atoms with van der Waals surface area (Å²) in [6.45, 7) is 1.82. The summed E-state index contributed by atoms with van der Waals surface area (Å²) in [5.41, 5.74) is 2.79. The number of aryl methyl sites for hydroxylation is 1. The molecule has 160 valence electrons. The van der Waals surface area contributed by atoms with Gasteiger partial charge in [-0.2, -0.15) is 0 Å². The normalized spacial score (nSPS) is 11.5. The van der Waals surface area contributed by atoms with Gasteiger partial charge in [-0.3, -0.25) is 14.4 Å². The smallest absolute Gasteiger partial charge is 0.269 e. The second kappa shape index (κ2) is 8.50. The molecule has 0 radical (unpaired) electrons. The van der Waals surface area contributed by atoms with Crippen molar-refractivity contribution < 1.29 is 13.2 Å². The number of nitrogens with zero attached hydrogens (tertiary/aromatic N) is 3. The van der Waals surface area contributed by atoms with Crippen LogP contribution in [0.2, 0.25) is 0 Å². The number of thiophene rings is 1. The zero-order valence-corrected chi connectivity index (χ0v) is 20.1. The number of aromatic nitrogens is 2. The molecule has 0 bridgehead atoms. The Hall–Kier alpha value is -2.60. The molecule has 4 aromatic rings. The third kappa shape index (κ3) is 4.69. The van der Waals surface area contributed by atoms with Crippen LogP contribution >= 0.6 is 34.0 Å². The molecule has 0 aliphatic carbocycles. The number of hydrogen-bond donors (Lipinski definition) is 1. The van der Waals surface area contributed by atoms with Gasteiger partial charge in [-0.15, -0.1) is 34.0 Å². The monoisotopic (exact) mass is 490 g/mol. The minimum Gasteiger partial charge on any atom is -0.297 e. The number of amides is 1. The Morgan fingerprint density at radius 2 is 1.84 bits per heavy atom. The molecule has 0 saturated carbocycles. The lowest BCUT2D eigenvalue weighted by Crippen LogP contribution is -2.24. The maximum Gasteiger partial charge on any atom is 0.269 e. The Kier molecular flexibility index (Phi) is 5.93. The first-order valence-electron chi connectivity index (χ1n) is 9.05. The van der Waals surface area contributed by atoms with Gasteiger partial charge in [0.05, 0.1) is 28.2 Å². The fourth-order valence-corrected chi connectivity index (χ4v) is 5.74. The van der Waals surface area contributed by atoms with E-state index < -0.39 is 10.0 Å². The number of anilines is 2. The van der Waals surface area contributed by atoms with Gasteiger partial charge in [0.2, 0.25) is 10.0 Å². The van der Waals surface area contributed by atoms with Crippen LogP contribution in [-0.2, 0) is 10.0 Å². The van der Waals surface area contributed by atoms with E-state index in [4.69, 9.17) is 0 Å². The van der Waals surface area contributed by atoms with Crippen molar-refractivity contribution in [2.24, 2.45) is 0 Å². The van der Waals surface area contributed by atoms with Crippen LogP contribution in [0.4, 0.5) is 10.8 Å². The number of thiazole rings is 2. The quantitative estimate of drug-likeness (QED) is 0.413. The summed E-state index contributed by atoms with van der Waals surface area (Å²) in [5.74, 6) is -0.233. The minimum atomic E-state index is -3.32. The second-order valence-electron chi connectivity index (χ2n) is 6.68. The van der Waals surface area contributed by atoms with Crippen LogP contribution in [0.1, 0.15) is 15.4 Å². The lowest BCUT2D eigenvalue weighted by atomic mass is 10.1. The fraction of sp³-hybridized carbons (Fsp3) is 0.150. The Balaban J connectivity index is 1.49. The fourth-order valence-electron chi connectivity index (χ4n) is 2.76. The summed E-state index contributed by atoms with van der Waals surface area (Å²) in [6.07, 6.45) is 1.16. The molecule has 4 rings (SSSR count). The predicted octanol–water partition coefficient (Wildman–Crippen LogP) is 4.95. The highest BCUT2D eigenvalue weighted by Gasteiger charge is 2.18. The lowest BCUT2D eigenvalue weighted by Gasteiger charge is -2.16. The topological polar surface area (TPSA) is 92.3 Å². The average molecular weight is 491 g/mol. The number of carbonyl (C=O) groups is 1. The summed E-state index contributed by atoms with van der Waals surface area (Å²) in [6, 6.07) is 11.0. The molecule has 0 spiro atoms. The van der Waals surface area contributed by atoms with Crippen LogP contribution in [0, 0.1) is 6.92 Å². The van der Waals surface area contributed by atoms with Gasteiger partial charge in [-0.1, -0.05) is 18.2 Å². The molecule has 1 aromatic carbocycles. The van der Waals surface area contributed by atoms with E-state index in [1.54, 1.807) is 35.6 Å². The van der Waals surface area contributed by atoms with Gasteiger partial charge < -0.3 is 0 Å². The van der Waals surface area contributed by atoms with Crippen LogP contribution in [0.5, 0.6) is 0 Å². The molecule has 3 heterocycles. The summed E-state index contributed by atoms with van der Waals surface area (Å²) in [7, 11) is -1.81. The molecule has 0 aliphatic heterocycles. The molecular formula is C20H18N4O3S4. The highest BCUT2D eigenvalue weighted by molar-refractivity contribution is 7.92. The largest absolute Gasteiger partial charge is 0.297 e. The summed E-state index contributed by atoms with van der Waals surface area (Å²) in [4.78, 5) is 23.4. The Morgan fingerprint density at radius 3 is 2.48 bits per heavy atom. The van der Waals surface area contributed by atoms with Gasteiger partial charge in [0.15, 0.2) is 5.13 Å². The predicted molar refractivity (Wildman–Crippen MR) is 129 cm³/mol. The first kappa shape index (κ1) is 21.6. The molecule has 7 nitrogen and oxygen atoms in total. The van der Waals surface area contributed by atoms with Gasteiger partial charge in [0.1, 0.15) is 9.88 Å².